The Morgan fingerprint density at radius 3 is 2.83 bits per heavy atom. The first-order chi connectivity index (χ1) is 10.7. The van der Waals surface area contributed by atoms with Gasteiger partial charge in [0.15, 0.2) is 0 Å². The van der Waals surface area contributed by atoms with Crippen molar-refractivity contribution in [2.75, 3.05) is 25.5 Å². The molecule has 0 saturated carbocycles. The lowest BCUT2D eigenvalue weighted by molar-refractivity contribution is -0.140. The van der Waals surface area contributed by atoms with Gasteiger partial charge >= 0.3 is 0 Å². The van der Waals surface area contributed by atoms with E-state index in [1.807, 2.05) is 36.0 Å². The zero-order chi connectivity index (χ0) is 15.6. The quantitative estimate of drug-likeness (QED) is 0.896. The zero-order valence-electron chi connectivity index (χ0n) is 13.5. The third-order valence-corrected chi connectivity index (χ3v) is 4.42. The van der Waals surface area contributed by atoms with Gasteiger partial charge in [-0.2, -0.15) is 5.10 Å². The van der Waals surface area contributed by atoms with E-state index in [0.717, 1.165) is 36.2 Å². The van der Waals surface area contributed by atoms with Crippen molar-refractivity contribution in [2.45, 2.75) is 31.9 Å². The highest BCUT2D eigenvalue weighted by Gasteiger charge is 2.39. The molecule has 23 heavy (non-hydrogen) atoms. The Morgan fingerprint density at radius 2 is 2.17 bits per heavy atom. The fourth-order valence-corrected chi connectivity index (χ4v) is 3.00. The van der Waals surface area contributed by atoms with Gasteiger partial charge in [0.25, 0.3) is 5.91 Å². The number of nitrogens with one attached hydrogen (secondary N) is 2. The predicted molar refractivity (Wildman–Crippen MR) is 93.1 cm³/mol. The second-order valence-corrected chi connectivity index (χ2v) is 5.64. The molecule has 0 bridgehead atoms. The summed E-state index contributed by atoms with van der Waals surface area (Å²) in [5.74, 6) is -0.0709. The van der Waals surface area contributed by atoms with E-state index in [0.29, 0.717) is 12.8 Å². The molecule has 3 rings (SSSR count). The molecule has 0 radical (unpaired) electrons. The molecule has 7 heteroatoms. The van der Waals surface area contributed by atoms with Crippen molar-refractivity contribution >= 4 is 34.9 Å². The van der Waals surface area contributed by atoms with Crippen LogP contribution in [0.15, 0.2) is 24.4 Å². The Labute approximate surface area is 142 Å². The Balaban J connectivity index is 0.00000192. The number of carbonyl (C=O) groups is 1. The Kier molecular flexibility index (Phi) is 5.62. The van der Waals surface area contributed by atoms with Crippen LogP contribution in [0.4, 0.5) is 5.69 Å². The molecule has 1 saturated heterocycles. The van der Waals surface area contributed by atoms with Crippen LogP contribution in [0.3, 0.4) is 0 Å². The molecule has 1 aromatic heterocycles. The molecule has 0 atom stereocenters. The molecule has 1 fully saturated rings. The topological polar surface area (TPSA) is 68.2 Å². The smallest absolute Gasteiger partial charge is 0.256 e. The van der Waals surface area contributed by atoms with Gasteiger partial charge in [0.1, 0.15) is 5.60 Å². The van der Waals surface area contributed by atoms with Crippen LogP contribution in [0.25, 0.3) is 10.9 Å². The van der Waals surface area contributed by atoms with Gasteiger partial charge in [-0.3, -0.25) is 9.48 Å². The van der Waals surface area contributed by atoms with Gasteiger partial charge in [-0.25, -0.2) is 0 Å². The number of nitrogens with zero attached hydrogens (tertiary/aromatic N) is 2. The lowest BCUT2D eigenvalue weighted by Gasteiger charge is -2.34. The molecule has 2 aromatic rings. The lowest BCUT2D eigenvalue weighted by Crippen LogP contribution is -2.51. The molecule has 1 aliphatic rings. The average Bonchev–Trinajstić information content (AvgIpc) is 2.97. The maximum atomic E-state index is 12.7. The number of anilines is 1. The molecule has 1 aromatic carbocycles. The van der Waals surface area contributed by atoms with Gasteiger partial charge in [-0.1, -0.05) is 0 Å². The fraction of sp³-hybridized carbons (Fsp3) is 0.500. The van der Waals surface area contributed by atoms with Gasteiger partial charge < -0.3 is 15.4 Å². The summed E-state index contributed by atoms with van der Waals surface area (Å²) in [5.41, 5.74) is 1.07. The summed E-state index contributed by atoms with van der Waals surface area (Å²) in [6, 6.07) is 5.85. The van der Waals surface area contributed by atoms with E-state index < -0.39 is 5.60 Å². The molecule has 1 amide bonds. The number of hydrogen-bond donors (Lipinski definition) is 2. The standard InChI is InChI=1S/C16H22N4O2.ClH/c1-3-20-14-10-13(5-4-12(14)11-18-20)19-15(21)16(22-2)6-8-17-9-7-16;/h4-5,10-11,17H,3,6-9H2,1-2H3,(H,19,21);1H. The van der Waals surface area contributed by atoms with Gasteiger partial charge in [0, 0.05) is 24.7 Å². The molecule has 1 aliphatic heterocycles. The number of amides is 1. The first-order valence-corrected chi connectivity index (χ1v) is 7.71. The number of halogens is 1. The Hall–Kier alpha value is -1.63. The van der Waals surface area contributed by atoms with Gasteiger partial charge in [-0.15, -0.1) is 12.4 Å². The van der Waals surface area contributed by atoms with E-state index in [2.05, 4.69) is 15.7 Å². The summed E-state index contributed by atoms with van der Waals surface area (Å²) in [7, 11) is 1.61. The van der Waals surface area contributed by atoms with Gasteiger partial charge in [0.05, 0.1) is 11.7 Å². The van der Waals surface area contributed by atoms with E-state index in [9.17, 15) is 4.79 Å². The van der Waals surface area contributed by atoms with Crippen molar-refractivity contribution in [1.29, 1.82) is 0 Å². The highest BCUT2D eigenvalue weighted by Crippen LogP contribution is 2.26. The molecule has 0 unspecified atom stereocenters. The number of piperidine rings is 1. The zero-order valence-corrected chi connectivity index (χ0v) is 14.3. The highest BCUT2D eigenvalue weighted by molar-refractivity contribution is 5.99. The number of fused-ring (bicyclic) bond motifs is 1. The predicted octanol–water partition coefficient (Wildman–Crippen LogP) is 2.19. The normalized spacial score (nSPS) is 16.8. The van der Waals surface area contributed by atoms with E-state index in [-0.39, 0.29) is 18.3 Å². The third-order valence-electron chi connectivity index (χ3n) is 4.42. The molecule has 6 nitrogen and oxygen atoms in total. The number of rotatable bonds is 4. The van der Waals surface area contributed by atoms with E-state index >= 15 is 0 Å². The molecule has 0 spiro atoms. The number of aryl methyl sites for hydroxylation is 1. The van der Waals surface area contributed by atoms with Gasteiger partial charge in [-0.05, 0) is 51.1 Å². The van der Waals surface area contributed by atoms with Crippen LogP contribution in [-0.4, -0.2) is 41.5 Å². The van der Waals surface area contributed by atoms with Gasteiger partial charge in [0.2, 0.25) is 0 Å². The minimum Gasteiger partial charge on any atom is -0.368 e. The maximum Gasteiger partial charge on any atom is 0.256 e. The summed E-state index contributed by atoms with van der Waals surface area (Å²) in [5, 5.41) is 11.7. The van der Waals surface area contributed by atoms with Crippen molar-refractivity contribution in [2.24, 2.45) is 0 Å². The van der Waals surface area contributed by atoms with Crippen molar-refractivity contribution in [3.8, 4) is 0 Å². The van der Waals surface area contributed by atoms with Crippen molar-refractivity contribution in [3.05, 3.63) is 24.4 Å². The third kappa shape index (κ3) is 3.34. The number of ether oxygens (including phenoxy) is 1. The maximum absolute atomic E-state index is 12.7. The van der Waals surface area contributed by atoms with Crippen LogP contribution >= 0.6 is 12.4 Å². The minimum absolute atomic E-state index is 0. The lowest BCUT2D eigenvalue weighted by atomic mass is 9.91. The summed E-state index contributed by atoms with van der Waals surface area (Å²) < 4.78 is 7.48. The Morgan fingerprint density at radius 1 is 1.43 bits per heavy atom. The first-order valence-electron chi connectivity index (χ1n) is 7.71. The van der Waals surface area contributed by atoms with Crippen LogP contribution < -0.4 is 10.6 Å². The highest BCUT2D eigenvalue weighted by atomic mass is 35.5. The van der Waals surface area contributed by atoms with Crippen molar-refractivity contribution < 1.29 is 9.53 Å². The molecule has 126 valence electrons. The molecular formula is C16H23ClN4O2. The summed E-state index contributed by atoms with van der Waals surface area (Å²) in [4.78, 5) is 12.7. The summed E-state index contributed by atoms with van der Waals surface area (Å²) in [6.07, 6.45) is 3.21. The van der Waals surface area contributed by atoms with E-state index in [4.69, 9.17) is 4.74 Å². The second-order valence-electron chi connectivity index (χ2n) is 5.64. The average molecular weight is 339 g/mol. The number of carbonyl (C=O) groups excluding carboxylic acids is 1. The minimum atomic E-state index is -0.731. The van der Waals surface area contributed by atoms with Crippen LogP contribution in [-0.2, 0) is 16.1 Å². The number of hydrogen-bond acceptors (Lipinski definition) is 4. The monoisotopic (exact) mass is 338 g/mol. The first kappa shape index (κ1) is 17.7. The SMILES string of the molecule is CCn1ncc2ccc(NC(=O)C3(OC)CCNCC3)cc21.Cl. The Bertz CT molecular complexity index is 680. The number of methoxy groups -OCH3 is 1. The number of benzene rings is 1. The largest absolute Gasteiger partial charge is 0.368 e. The molecule has 2 heterocycles. The van der Waals surface area contributed by atoms with Crippen LogP contribution in [0.5, 0.6) is 0 Å². The van der Waals surface area contributed by atoms with Crippen LogP contribution in [0.2, 0.25) is 0 Å². The number of aromatic nitrogens is 2. The fourth-order valence-electron chi connectivity index (χ4n) is 3.00. The summed E-state index contributed by atoms with van der Waals surface area (Å²) >= 11 is 0. The van der Waals surface area contributed by atoms with Crippen LogP contribution in [0.1, 0.15) is 19.8 Å². The molecule has 2 N–H and O–H groups in total. The molecule has 0 aliphatic carbocycles. The van der Waals surface area contributed by atoms with Crippen LogP contribution in [0, 0.1) is 0 Å². The second kappa shape index (κ2) is 7.29. The van der Waals surface area contributed by atoms with Crippen molar-refractivity contribution in [1.82, 2.24) is 15.1 Å². The van der Waals surface area contributed by atoms with Crippen molar-refractivity contribution in [3.63, 3.8) is 0 Å². The molecular weight excluding hydrogens is 316 g/mol. The summed E-state index contributed by atoms with van der Waals surface area (Å²) in [6.45, 7) is 4.44. The van der Waals surface area contributed by atoms with E-state index in [1.54, 1.807) is 7.11 Å². The van der Waals surface area contributed by atoms with E-state index in [1.165, 1.54) is 0 Å².